The van der Waals surface area contributed by atoms with E-state index < -0.39 is 41.8 Å². The van der Waals surface area contributed by atoms with Crippen molar-refractivity contribution in [2.24, 2.45) is 0 Å². The zero-order valence-electron chi connectivity index (χ0n) is 21.3. The molecule has 3 N–H and O–H groups in total. The number of alkyl halides is 3. The van der Waals surface area contributed by atoms with Crippen LogP contribution in [0.5, 0.6) is 0 Å². The molecule has 0 unspecified atom stereocenters. The highest BCUT2D eigenvalue weighted by molar-refractivity contribution is 5.94. The molecule has 3 atom stereocenters. The van der Waals surface area contributed by atoms with Crippen molar-refractivity contribution >= 4 is 17.8 Å². The standard InChI is InChI=1S/C26H31F3N4O5/c1-4-20(5-2)38-22-11-17(25(36)37)10-21(23(22)31-15(3)34)32-24(35)18-12-30-33(14-18)13-16-6-8-19(9-7-16)26(27,28)29/h6-9,11-12,14,20-23H,4-5,10,13H2,1-3H3,(H,31,34)(H,32,35)(H,36,37)/t21-,22+,23+/m0/s1. The van der Waals surface area contributed by atoms with Gasteiger partial charge in [0.25, 0.3) is 5.91 Å². The van der Waals surface area contributed by atoms with E-state index in [1.807, 2.05) is 13.8 Å². The number of hydrogen-bond acceptors (Lipinski definition) is 5. The number of hydrogen-bond donors (Lipinski definition) is 3. The molecule has 206 valence electrons. The second-order valence-electron chi connectivity index (χ2n) is 9.17. The first-order valence-corrected chi connectivity index (χ1v) is 12.3. The van der Waals surface area contributed by atoms with Crippen molar-refractivity contribution in [3.8, 4) is 0 Å². The van der Waals surface area contributed by atoms with Gasteiger partial charge < -0.3 is 20.5 Å². The van der Waals surface area contributed by atoms with Gasteiger partial charge in [-0.25, -0.2) is 4.79 Å². The summed E-state index contributed by atoms with van der Waals surface area (Å²) in [5, 5.41) is 19.4. The summed E-state index contributed by atoms with van der Waals surface area (Å²) in [4.78, 5) is 36.8. The summed E-state index contributed by atoms with van der Waals surface area (Å²) < 4.78 is 45.9. The first-order valence-electron chi connectivity index (χ1n) is 12.3. The Kier molecular flexibility index (Phi) is 9.31. The van der Waals surface area contributed by atoms with Gasteiger partial charge in [0.05, 0.1) is 48.2 Å². The van der Waals surface area contributed by atoms with Crippen molar-refractivity contribution in [1.82, 2.24) is 20.4 Å². The summed E-state index contributed by atoms with van der Waals surface area (Å²) in [5.41, 5.74) is 0.0289. The SMILES string of the molecule is CCC(CC)O[C@@H]1C=C(C(=O)O)C[C@H](NC(=O)c2cnn(Cc3ccc(C(F)(F)F)cc3)c2)[C@H]1NC(C)=O. The molecule has 0 saturated heterocycles. The van der Waals surface area contributed by atoms with Crippen molar-refractivity contribution < 1.29 is 37.4 Å². The molecule has 12 heteroatoms. The van der Waals surface area contributed by atoms with E-state index in [9.17, 15) is 32.7 Å². The van der Waals surface area contributed by atoms with Gasteiger partial charge in [0.15, 0.2) is 0 Å². The minimum absolute atomic E-state index is 0.0332. The number of rotatable bonds is 10. The third-order valence-electron chi connectivity index (χ3n) is 6.34. The second kappa shape index (κ2) is 12.2. The normalized spacial score (nSPS) is 19.7. The first kappa shape index (κ1) is 28.9. The Balaban J connectivity index is 1.77. The molecule has 9 nitrogen and oxygen atoms in total. The lowest BCUT2D eigenvalue weighted by atomic mass is 9.87. The number of ether oxygens (including phenoxy) is 1. The number of carboxylic acids is 1. The summed E-state index contributed by atoms with van der Waals surface area (Å²) >= 11 is 0. The Morgan fingerprint density at radius 1 is 1.16 bits per heavy atom. The van der Waals surface area contributed by atoms with E-state index in [2.05, 4.69) is 15.7 Å². The number of halogens is 3. The van der Waals surface area contributed by atoms with Gasteiger partial charge in [0.2, 0.25) is 5.91 Å². The van der Waals surface area contributed by atoms with Gasteiger partial charge in [0, 0.05) is 25.1 Å². The van der Waals surface area contributed by atoms with Crippen molar-refractivity contribution in [3.63, 3.8) is 0 Å². The van der Waals surface area contributed by atoms with Gasteiger partial charge in [-0.3, -0.25) is 14.3 Å². The number of benzene rings is 1. The van der Waals surface area contributed by atoms with Gasteiger partial charge >= 0.3 is 12.1 Å². The third kappa shape index (κ3) is 7.44. The number of aliphatic carboxylic acids is 1. The number of carbonyl (C=O) groups excluding carboxylic acids is 2. The van der Waals surface area contributed by atoms with Gasteiger partial charge in [-0.05, 0) is 36.6 Å². The number of nitrogens with one attached hydrogen (secondary N) is 2. The quantitative estimate of drug-likeness (QED) is 0.427. The van der Waals surface area contributed by atoms with Crippen LogP contribution in [0.1, 0.15) is 61.5 Å². The van der Waals surface area contributed by atoms with E-state index in [0.717, 1.165) is 12.1 Å². The maximum Gasteiger partial charge on any atom is 0.416 e. The average molecular weight is 537 g/mol. The number of carboxylic acid groups (broad SMARTS) is 1. The maximum atomic E-state index is 13.1. The number of carbonyl (C=O) groups is 3. The van der Waals surface area contributed by atoms with Gasteiger partial charge in [-0.1, -0.05) is 26.0 Å². The molecule has 2 amide bonds. The average Bonchev–Trinajstić information content (AvgIpc) is 3.32. The molecule has 0 fully saturated rings. The molecule has 3 rings (SSSR count). The van der Waals surface area contributed by atoms with Crippen molar-refractivity contribution in [1.29, 1.82) is 0 Å². The van der Waals surface area contributed by atoms with Crippen LogP contribution in [0.15, 0.2) is 48.3 Å². The molecule has 1 aliphatic carbocycles. The highest BCUT2D eigenvalue weighted by Gasteiger charge is 2.38. The molecular formula is C26H31F3N4O5. The molecule has 0 saturated carbocycles. The Morgan fingerprint density at radius 3 is 2.37 bits per heavy atom. The molecule has 2 aromatic rings. The lowest BCUT2D eigenvalue weighted by Gasteiger charge is -2.38. The molecule has 0 spiro atoms. The summed E-state index contributed by atoms with van der Waals surface area (Å²) in [6.45, 7) is 5.34. The minimum Gasteiger partial charge on any atom is -0.478 e. The minimum atomic E-state index is -4.43. The predicted octanol–water partition coefficient (Wildman–Crippen LogP) is 3.54. The number of amides is 2. The van der Waals surface area contributed by atoms with Crippen LogP contribution in [-0.2, 0) is 27.0 Å². The van der Waals surface area contributed by atoms with E-state index in [4.69, 9.17) is 4.74 Å². The fraction of sp³-hybridized carbons (Fsp3) is 0.462. The molecule has 1 aromatic heterocycles. The zero-order chi connectivity index (χ0) is 28.0. The lowest BCUT2D eigenvalue weighted by Crippen LogP contribution is -2.59. The summed E-state index contributed by atoms with van der Waals surface area (Å²) in [5.74, 6) is -2.05. The van der Waals surface area contributed by atoms with E-state index in [1.165, 1.54) is 42.2 Å². The Hall–Kier alpha value is -3.67. The van der Waals surface area contributed by atoms with Crippen molar-refractivity contribution in [3.05, 3.63) is 65.0 Å². The van der Waals surface area contributed by atoms with Crippen LogP contribution in [-0.4, -0.2) is 57.0 Å². The van der Waals surface area contributed by atoms with Crippen LogP contribution in [0.25, 0.3) is 0 Å². The van der Waals surface area contributed by atoms with E-state index >= 15 is 0 Å². The summed E-state index contributed by atoms with van der Waals surface area (Å²) in [7, 11) is 0. The number of nitrogens with zero attached hydrogens (tertiary/aromatic N) is 2. The van der Waals surface area contributed by atoms with E-state index in [-0.39, 0.29) is 36.1 Å². The van der Waals surface area contributed by atoms with Crippen LogP contribution in [0.2, 0.25) is 0 Å². The zero-order valence-corrected chi connectivity index (χ0v) is 21.3. The molecule has 38 heavy (non-hydrogen) atoms. The maximum absolute atomic E-state index is 13.1. The third-order valence-corrected chi connectivity index (χ3v) is 6.34. The second-order valence-corrected chi connectivity index (χ2v) is 9.17. The summed E-state index contributed by atoms with van der Waals surface area (Å²) in [6.07, 6.45) is 0.197. The van der Waals surface area contributed by atoms with Crippen molar-refractivity contribution in [2.45, 2.75) is 77.0 Å². The molecule has 0 radical (unpaired) electrons. The van der Waals surface area contributed by atoms with Crippen LogP contribution in [0.3, 0.4) is 0 Å². The summed E-state index contributed by atoms with van der Waals surface area (Å²) in [6, 6.07) is 3.15. The monoisotopic (exact) mass is 536 g/mol. The Morgan fingerprint density at radius 2 is 1.82 bits per heavy atom. The largest absolute Gasteiger partial charge is 0.478 e. The molecule has 0 aliphatic heterocycles. The van der Waals surface area contributed by atoms with Crippen LogP contribution in [0.4, 0.5) is 13.2 Å². The van der Waals surface area contributed by atoms with Crippen LogP contribution >= 0.6 is 0 Å². The molecular weight excluding hydrogens is 505 g/mol. The number of aromatic nitrogens is 2. The van der Waals surface area contributed by atoms with E-state index in [1.54, 1.807) is 0 Å². The van der Waals surface area contributed by atoms with Crippen LogP contribution < -0.4 is 10.6 Å². The van der Waals surface area contributed by atoms with Gasteiger partial charge in [-0.15, -0.1) is 0 Å². The molecule has 0 bridgehead atoms. The lowest BCUT2D eigenvalue weighted by molar-refractivity contribution is -0.137. The smallest absolute Gasteiger partial charge is 0.416 e. The first-order chi connectivity index (χ1) is 17.9. The Labute approximate surface area is 218 Å². The fourth-order valence-electron chi connectivity index (χ4n) is 4.31. The highest BCUT2D eigenvalue weighted by Crippen LogP contribution is 2.29. The Bertz CT molecular complexity index is 1170. The topological polar surface area (TPSA) is 123 Å². The molecule has 1 aliphatic rings. The fourth-order valence-corrected chi connectivity index (χ4v) is 4.31. The van der Waals surface area contributed by atoms with Gasteiger partial charge in [-0.2, -0.15) is 18.3 Å². The molecule has 1 heterocycles. The van der Waals surface area contributed by atoms with E-state index in [0.29, 0.717) is 18.4 Å². The predicted molar refractivity (Wildman–Crippen MR) is 131 cm³/mol. The van der Waals surface area contributed by atoms with Gasteiger partial charge in [0.1, 0.15) is 0 Å². The molecule has 1 aromatic carbocycles. The highest BCUT2D eigenvalue weighted by atomic mass is 19.4. The van der Waals surface area contributed by atoms with Crippen molar-refractivity contribution in [2.75, 3.05) is 0 Å². The van der Waals surface area contributed by atoms with Crippen LogP contribution in [0, 0.1) is 0 Å².